The van der Waals surface area contributed by atoms with Gasteiger partial charge in [0.2, 0.25) is 0 Å². The summed E-state index contributed by atoms with van der Waals surface area (Å²) in [4.78, 5) is 12.0. The molecule has 4 heteroatoms. The third-order valence-electron chi connectivity index (χ3n) is 3.93. The molecular weight excluding hydrogens is 256 g/mol. The van der Waals surface area contributed by atoms with Crippen molar-refractivity contribution in [3.63, 3.8) is 0 Å². The summed E-state index contributed by atoms with van der Waals surface area (Å²) in [5, 5.41) is 9.04. The van der Waals surface area contributed by atoms with Gasteiger partial charge in [-0.2, -0.15) is 0 Å². The zero-order chi connectivity index (χ0) is 14.5. The Morgan fingerprint density at radius 3 is 2.50 bits per heavy atom. The van der Waals surface area contributed by atoms with E-state index in [0.717, 1.165) is 30.4 Å². The number of ketones is 1. The molecule has 20 heavy (non-hydrogen) atoms. The Hall–Kier alpha value is -1.55. The number of rotatable bonds is 6. The molecule has 0 aliphatic heterocycles. The molecule has 1 unspecified atom stereocenters. The number of aliphatic hydroxyl groups excluding tert-OH is 1. The Kier molecular flexibility index (Phi) is 5.01. The first-order valence-electron chi connectivity index (χ1n) is 7.09. The Balaban J connectivity index is 2.42. The van der Waals surface area contributed by atoms with E-state index in [2.05, 4.69) is 0 Å². The third kappa shape index (κ3) is 2.96. The summed E-state index contributed by atoms with van der Waals surface area (Å²) >= 11 is 0. The van der Waals surface area contributed by atoms with Crippen molar-refractivity contribution in [2.45, 2.75) is 38.0 Å². The van der Waals surface area contributed by atoms with Gasteiger partial charge in [-0.15, -0.1) is 0 Å². The minimum absolute atomic E-state index is 0.0245. The minimum Gasteiger partial charge on any atom is -0.493 e. The van der Waals surface area contributed by atoms with E-state index in [0.29, 0.717) is 30.1 Å². The molecule has 0 saturated heterocycles. The van der Waals surface area contributed by atoms with Crippen LogP contribution in [0.4, 0.5) is 0 Å². The average molecular weight is 278 g/mol. The monoisotopic (exact) mass is 278 g/mol. The van der Waals surface area contributed by atoms with E-state index in [-0.39, 0.29) is 12.5 Å². The molecule has 0 bridgehead atoms. The molecule has 0 spiro atoms. The topological polar surface area (TPSA) is 55.8 Å². The Bertz CT molecular complexity index is 482. The molecule has 0 amide bonds. The van der Waals surface area contributed by atoms with E-state index in [1.165, 1.54) is 0 Å². The van der Waals surface area contributed by atoms with Crippen LogP contribution in [0.1, 0.15) is 42.7 Å². The van der Waals surface area contributed by atoms with E-state index in [9.17, 15) is 4.79 Å². The number of hydrogen-bond acceptors (Lipinski definition) is 4. The van der Waals surface area contributed by atoms with Crippen LogP contribution in [0.15, 0.2) is 12.1 Å². The second-order valence-corrected chi connectivity index (χ2v) is 5.14. The van der Waals surface area contributed by atoms with E-state index >= 15 is 0 Å². The highest BCUT2D eigenvalue weighted by molar-refractivity contribution is 5.88. The second-order valence-electron chi connectivity index (χ2n) is 5.14. The van der Waals surface area contributed by atoms with Gasteiger partial charge in [0.25, 0.3) is 0 Å². The van der Waals surface area contributed by atoms with Gasteiger partial charge in [-0.25, -0.2) is 0 Å². The van der Waals surface area contributed by atoms with E-state index in [4.69, 9.17) is 14.6 Å². The van der Waals surface area contributed by atoms with Gasteiger partial charge in [-0.05, 0) is 48.9 Å². The first-order chi connectivity index (χ1) is 9.71. The van der Waals surface area contributed by atoms with Gasteiger partial charge in [0.05, 0.1) is 14.2 Å². The number of aryl methyl sites for hydroxylation is 1. The molecule has 1 aliphatic carbocycles. The molecule has 4 nitrogen and oxygen atoms in total. The van der Waals surface area contributed by atoms with Gasteiger partial charge in [0.1, 0.15) is 5.78 Å². The summed E-state index contributed by atoms with van der Waals surface area (Å²) in [5.41, 5.74) is 2.12. The van der Waals surface area contributed by atoms with Gasteiger partial charge in [-0.3, -0.25) is 4.79 Å². The van der Waals surface area contributed by atoms with Gasteiger partial charge < -0.3 is 14.6 Å². The van der Waals surface area contributed by atoms with Gasteiger partial charge in [0.15, 0.2) is 11.5 Å². The summed E-state index contributed by atoms with van der Waals surface area (Å²) in [6, 6.07) is 3.87. The van der Waals surface area contributed by atoms with Crippen molar-refractivity contribution in [1.29, 1.82) is 0 Å². The van der Waals surface area contributed by atoms with Crippen LogP contribution in [-0.2, 0) is 11.2 Å². The van der Waals surface area contributed by atoms with Crippen molar-refractivity contribution < 1.29 is 19.4 Å². The predicted molar refractivity (Wildman–Crippen MR) is 76.6 cm³/mol. The summed E-state index contributed by atoms with van der Waals surface area (Å²) in [6.45, 7) is 0.145. The Labute approximate surface area is 119 Å². The highest BCUT2D eigenvalue weighted by atomic mass is 16.5. The number of benzene rings is 1. The molecule has 2 rings (SSSR count). The van der Waals surface area contributed by atoms with Crippen molar-refractivity contribution >= 4 is 5.78 Å². The quantitative estimate of drug-likeness (QED) is 0.868. The molecular formula is C16H22O4. The standard InChI is InChI=1S/C16H22O4/c1-19-15-9-11(5-4-8-17)13(10-16(15)20-2)12-6-3-7-14(12)18/h9-10,12,17H,3-8H2,1-2H3. The first kappa shape index (κ1) is 14.9. The van der Waals surface area contributed by atoms with Crippen LogP contribution in [0, 0.1) is 0 Å². The lowest BCUT2D eigenvalue weighted by molar-refractivity contribution is -0.118. The van der Waals surface area contributed by atoms with E-state index in [1.54, 1.807) is 14.2 Å². The van der Waals surface area contributed by atoms with Crippen LogP contribution < -0.4 is 9.47 Å². The molecule has 0 radical (unpaired) electrons. The summed E-state index contributed by atoms with van der Waals surface area (Å²) < 4.78 is 10.7. The molecule has 1 fully saturated rings. The molecule has 110 valence electrons. The van der Waals surface area contributed by atoms with Crippen molar-refractivity contribution in [3.05, 3.63) is 23.3 Å². The molecule has 1 N–H and O–H groups in total. The molecule has 1 saturated carbocycles. The van der Waals surface area contributed by atoms with Crippen molar-refractivity contribution in [1.82, 2.24) is 0 Å². The Morgan fingerprint density at radius 2 is 1.95 bits per heavy atom. The average Bonchev–Trinajstić information content (AvgIpc) is 2.90. The molecule has 1 aliphatic rings. The minimum atomic E-state index is -0.0245. The second kappa shape index (κ2) is 6.75. The van der Waals surface area contributed by atoms with Gasteiger partial charge in [-0.1, -0.05) is 0 Å². The smallest absolute Gasteiger partial charge is 0.161 e. The molecule has 0 aromatic heterocycles. The fourth-order valence-electron chi connectivity index (χ4n) is 2.89. The SMILES string of the molecule is COc1cc(CCCO)c(C2CCCC2=O)cc1OC. The maximum absolute atomic E-state index is 12.0. The number of carbonyl (C=O) groups excluding carboxylic acids is 1. The van der Waals surface area contributed by atoms with Crippen LogP contribution in [0.2, 0.25) is 0 Å². The van der Waals surface area contributed by atoms with Crippen LogP contribution in [-0.4, -0.2) is 31.7 Å². The van der Waals surface area contributed by atoms with Crippen LogP contribution in [0.25, 0.3) is 0 Å². The predicted octanol–water partition coefficient (Wildman–Crippen LogP) is 2.47. The summed E-state index contributed by atoms with van der Waals surface area (Å²) in [6.07, 6.45) is 3.95. The zero-order valence-electron chi connectivity index (χ0n) is 12.1. The van der Waals surface area contributed by atoms with Crippen LogP contribution >= 0.6 is 0 Å². The van der Waals surface area contributed by atoms with Crippen LogP contribution in [0.5, 0.6) is 11.5 Å². The Morgan fingerprint density at radius 1 is 1.25 bits per heavy atom. The highest BCUT2D eigenvalue weighted by Gasteiger charge is 2.29. The fraction of sp³-hybridized carbons (Fsp3) is 0.562. The largest absolute Gasteiger partial charge is 0.493 e. The van der Waals surface area contributed by atoms with Gasteiger partial charge in [0, 0.05) is 18.9 Å². The lowest BCUT2D eigenvalue weighted by Crippen LogP contribution is -2.09. The number of aliphatic hydroxyl groups is 1. The zero-order valence-corrected chi connectivity index (χ0v) is 12.1. The lowest BCUT2D eigenvalue weighted by atomic mass is 9.89. The maximum atomic E-state index is 12.0. The normalized spacial score (nSPS) is 18.4. The number of methoxy groups -OCH3 is 2. The van der Waals surface area contributed by atoms with Gasteiger partial charge >= 0.3 is 0 Å². The van der Waals surface area contributed by atoms with Crippen molar-refractivity contribution in [2.75, 3.05) is 20.8 Å². The van der Waals surface area contributed by atoms with Crippen LogP contribution in [0.3, 0.4) is 0 Å². The number of carbonyl (C=O) groups is 1. The summed E-state index contributed by atoms with van der Waals surface area (Å²) in [7, 11) is 3.21. The number of ether oxygens (including phenoxy) is 2. The summed E-state index contributed by atoms with van der Waals surface area (Å²) in [5.74, 6) is 1.62. The van der Waals surface area contributed by atoms with E-state index in [1.807, 2.05) is 12.1 Å². The fourth-order valence-corrected chi connectivity index (χ4v) is 2.89. The maximum Gasteiger partial charge on any atom is 0.161 e. The third-order valence-corrected chi connectivity index (χ3v) is 3.93. The number of Topliss-reactive ketones (excluding diaryl/α,β-unsaturated/α-hetero) is 1. The molecule has 1 atom stereocenters. The molecule has 0 heterocycles. The lowest BCUT2D eigenvalue weighted by Gasteiger charge is -2.18. The van der Waals surface area contributed by atoms with Crippen molar-refractivity contribution in [2.24, 2.45) is 0 Å². The number of hydrogen-bond donors (Lipinski definition) is 1. The molecule has 1 aromatic carbocycles. The molecule has 1 aromatic rings. The van der Waals surface area contributed by atoms with E-state index < -0.39 is 0 Å². The van der Waals surface area contributed by atoms with Crippen molar-refractivity contribution in [3.8, 4) is 11.5 Å². The first-order valence-corrected chi connectivity index (χ1v) is 7.09. The highest BCUT2D eigenvalue weighted by Crippen LogP contribution is 2.39.